The van der Waals surface area contributed by atoms with Crippen LogP contribution in [-0.2, 0) is 18.3 Å². The molecular weight excluding hydrogens is 520 g/mol. The highest BCUT2D eigenvalue weighted by atomic mass is 32.1. The molecule has 0 radical (unpaired) electrons. The molecule has 1 aliphatic heterocycles. The number of hydrogen-bond acceptors (Lipinski definition) is 11. The fraction of sp³-hybridized carbons (Fsp3) is 0.400. The van der Waals surface area contributed by atoms with Crippen molar-refractivity contribution in [2.24, 2.45) is 7.05 Å². The van der Waals surface area contributed by atoms with Crippen molar-refractivity contribution >= 4 is 40.0 Å². The normalized spacial score (nSPS) is 14.6. The van der Waals surface area contributed by atoms with Crippen LogP contribution in [0.15, 0.2) is 41.3 Å². The summed E-state index contributed by atoms with van der Waals surface area (Å²) in [6.45, 7) is 5.93. The van der Waals surface area contributed by atoms with Gasteiger partial charge in [0, 0.05) is 65.3 Å². The number of aromatic nitrogens is 7. The minimum atomic E-state index is -0.154. The van der Waals surface area contributed by atoms with Crippen molar-refractivity contribution in [2.45, 2.75) is 6.54 Å². The fourth-order valence-electron chi connectivity index (χ4n) is 4.89. The van der Waals surface area contributed by atoms with E-state index in [-0.39, 0.29) is 11.6 Å². The van der Waals surface area contributed by atoms with Crippen LogP contribution in [0, 0.1) is 0 Å². The van der Waals surface area contributed by atoms with Crippen molar-refractivity contribution < 1.29 is 9.47 Å². The molecule has 39 heavy (non-hydrogen) atoms. The smallest absolute Gasteiger partial charge is 0.330 e. The summed E-state index contributed by atoms with van der Waals surface area (Å²) in [5.74, 6) is 1.53. The van der Waals surface area contributed by atoms with Gasteiger partial charge < -0.3 is 20.1 Å². The van der Waals surface area contributed by atoms with Crippen molar-refractivity contribution in [1.82, 2.24) is 38.0 Å². The van der Waals surface area contributed by atoms with Crippen LogP contribution in [0.3, 0.4) is 0 Å². The highest BCUT2D eigenvalue weighted by molar-refractivity contribution is 7.09. The third-order valence-corrected chi connectivity index (χ3v) is 7.75. The van der Waals surface area contributed by atoms with E-state index in [0.717, 1.165) is 43.4 Å². The van der Waals surface area contributed by atoms with Gasteiger partial charge >= 0.3 is 5.69 Å². The molecule has 14 heteroatoms. The molecule has 1 aromatic carbocycles. The third kappa shape index (κ3) is 4.82. The number of benzene rings is 1. The summed E-state index contributed by atoms with van der Waals surface area (Å²) in [5.41, 5.74) is 8.90. The van der Waals surface area contributed by atoms with Crippen molar-refractivity contribution in [3.8, 4) is 16.5 Å². The molecule has 5 aromatic rings. The summed E-state index contributed by atoms with van der Waals surface area (Å²) in [6, 6.07) is 10.0. The number of nitrogens with zero attached hydrogens (tertiary/aromatic N) is 9. The van der Waals surface area contributed by atoms with Crippen LogP contribution < -0.4 is 21.1 Å². The van der Waals surface area contributed by atoms with Gasteiger partial charge in [0.25, 0.3) is 0 Å². The first kappa shape index (κ1) is 25.3. The van der Waals surface area contributed by atoms with Gasteiger partial charge in [-0.2, -0.15) is 9.50 Å². The molecular formula is C25H30N10O3S. The van der Waals surface area contributed by atoms with Gasteiger partial charge in [-0.15, -0.1) is 5.10 Å². The monoisotopic (exact) mass is 550 g/mol. The van der Waals surface area contributed by atoms with Crippen molar-refractivity contribution in [3.05, 3.63) is 47.0 Å². The molecule has 0 aliphatic carbocycles. The molecule has 0 atom stereocenters. The predicted molar refractivity (Wildman–Crippen MR) is 150 cm³/mol. The third-order valence-electron chi connectivity index (χ3n) is 7.01. The summed E-state index contributed by atoms with van der Waals surface area (Å²) in [4.78, 5) is 28.0. The molecule has 0 spiro atoms. The average Bonchev–Trinajstić information content (AvgIpc) is 3.69. The molecule has 0 amide bonds. The van der Waals surface area contributed by atoms with Crippen LogP contribution >= 0.6 is 11.5 Å². The molecule has 6 rings (SSSR count). The zero-order chi connectivity index (χ0) is 26.9. The first-order valence-electron chi connectivity index (χ1n) is 12.7. The molecule has 13 nitrogen and oxygen atoms in total. The van der Waals surface area contributed by atoms with Crippen molar-refractivity contribution in [1.29, 1.82) is 0 Å². The van der Waals surface area contributed by atoms with E-state index in [1.165, 1.54) is 21.7 Å². The van der Waals surface area contributed by atoms with E-state index in [0.29, 0.717) is 42.4 Å². The second kappa shape index (κ2) is 10.6. The number of hydrogen-bond donors (Lipinski definition) is 1. The lowest BCUT2D eigenvalue weighted by molar-refractivity contribution is 0.146. The predicted octanol–water partition coefficient (Wildman–Crippen LogP) is 1.33. The average molecular weight is 551 g/mol. The Balaban J connectivity index is 1.14. The number of anilines is 2. The zero-order valence-electron chi connectivity index (χ0n) is 21.9. The van der Waals surface area contributed by atoms with Gasteiger partial charge in [0.2, 0.25) is 5.95 Å². The molecule has 4 aromatic heterocycles. The Labute approximate surface area is 228 Å². The number of rotatable bonds is 9. The van der Waals surface area contributed by atoms with E-state index in [2.05, 4.69) is 41.4 Å². The molecule has 5 heterocycles. The molecule has 2 N–H and O–H groups in total. The lowest BCUT2D eigenvalue weighted by atomic mass is 10.2. The number of nitrogens with two attached hydrogens (primary N) is 1. The van der Waals surface area contributed by atoms with E-state index in [4.69, 9.17) is 15.2 Å². The number of ether oxygens (including phenoxy) is 2. The van der Waals surface area contributed by atoms with Crippen LogP contribution in [0.4, 0.5) is 11.6 Å². The van der Waals surface area contributed by atoms with Gasteiger partial charge in [-0.1, -0.05) is 0 Å². The van der Waals surface area contributed by atoms with E-state index in [1.807, 2.05) is 18.2 Å². The lowest BCUT2D eigenvalue weighted by Crippen LogP contribution is -2.47. The first-order chi connectivity index (χ1) is 19.0. The topological polar surface area (TPSA) is 134 Å². The van der Waals surface area contributed by atoms with Crippen molar-refractivity contribution in [3.63, 3.8) is 0 Å². The first-order valence-corrected chi connectivity index (χ1v) is 13.5. The number of nitrogen functional groups attached to an aromatic ring is 1. The second-order valence-electron chi connectivity index (χ2n) is 9.35. The van der Waals surface area contributed by atoms with Gasteiger partial charge in [-0.3, -0.25) is 14.0 Å². The highest BCUT2D eigenvalue weighted by Crippen LogP contribution is 2.25. The molecule has 1 fully saturated rings. The summed E-state index contributed by atoms with van der Waals surface area (Å²) in [5, 5.41) is 4.50. The molecule has 0 saturated carbocycles. The Hall–Kier alpha value is -4.01. The summed E-state index contributed by atoms with van der Waals surface area (Å²) in [7, 11) is 3.39. The fourth-order valence-corrected chi connectivity index (χ4v) is 5.42. The largest absolute Gasteiger partial charge is 0.491 e. The standard InChI is InChI=1S/C25H30N10O3S/c1-31-20-22(29-24(26)35-23(20)28-21(30-35)19-7-8-27-39-19)34(25(31)36)14-11-32-9-12-33(13-10-32)17-3-5-18(6-4-17)38-16-15-37-2/h3-8H,9-16H2,1-2H3,(H2,26,29). The Kier molecular flexibility index (Phi) is 6.89. The van der Waals surface area contributed by atoms with Gasteiger partial charge in [0.15, 0.2) is 17.1 Å². The van der Waals surface area contributed by atoms with Crippen LogP contribution in [0.25, 0.3) is 27.5 Å². The molecule has 204 valence electrons. The Morgan fingerprint density at radius 1 is 1.00 bits per heavy atom. The number of imidazole rings is 1. The van der Waals surface area contributed by atoms with Gasteiger partial charge in [0.1, 0.15) is 17.9 Å². The Morgan fingerprint density at radius 3 is 2.51 bits per heavy atom. The quantitative estimate of drug-likeness (QED) is 0.268. The summed E-state index contributed by atoms with van der Waals surface area (Å²) in [6.07, 6.45) is 1.70. The summed E-state index contributed by atoms with van der Waals surface area (Å²) < 4.78 is 19.6. The maximum atomic E-state index is 13.2. The molecule has 0 unspecified atom stereocenters. The Bertz CT molecular complexity index is 1630. The van der Waals surface area contributed by atoms with Crippen LogP contribution in [0.2, 0.25) is 0 Å². The number of piperazine rings is 1. The number of methoxy groups -OCH3 is 1. The number of fused-ring (bicyclic) bond motifs is 3. The minimum Gasteiger partial charge on any atom is -0.491 e. The highest BCUT2D eigenvalue weighted by Gasteiger charge is 2.23. The maximum Gasteiger partial charge on any atom is 0.330 e. The minimum absolute atomic E-state index is 0.154. The SMILES string of the molecule is COCCOc1ccc(N2CCN(CCn3c(=O)n(C)c4c3nc(N)n3nc(-c5ccns5)nc43)CC2)cc1. The van der Waals surface area contributed by atoms with Gasteiger partial charge in [-0.05, 0) is 41.9 Å². The molecule has 1 aliphatic rings. The van der Waals surface area contributed by atoms with E-state index in [9.17, 15) is 4.79 Å². The van der Waals surface area contributed by atoms with Crippen molar-refractivity contribution in [2.75, 3.05) is 63.7 Å². The van der Waals surface area contributed by atoms with E-state index < -0.39 is 0 Å². The van der Waals surface area contributed by atoms with Crippen LogP contribution in [0.5, 0.6) is 5.75 Å². The Morgan fingerprint density at radius 2 is 1.79 bits per heavy atom. The van der Waals surface area contributed by atoms with Crippen LogP contribution in [0.1, 0.15) is 0 Å². The number of aryl methyl sites for hydroxylation is 1. The lowest BCUT2D eigenvalue weighted by Gasteiger charge is -2.36. The second-order valence-corrected chi connectivity index (χ2v) is 10.2. The molecule has 0 bridgehead atoms. The molecule has 1 saturated heterocycles. The van der Waals surface area contributed by atoms with E-state index in [1.54, 1.807) is 29.5 Å². The zero-order valence-corrected chi connectivity index (χ0v) is 22.7. The van der Waals surface area contributed by atoms with E-state index >= 15 is 0 Å². The maximum absolute atomic E-state index is 13.2. The summed E-state index contributed by atoms with van der Waals surface area (Å²) >= 11 is 1.30. The van der Waals surface area contributed by atoms with Gasteiger partial charge in [-0.25, -0.2) is 14.2 Å². The van der Waals surface area contributed by atoms with Gasteiger partial charge in [0.05, 0.1) is 11.5 Å². The van der Waals surface area contributed by atoms with Crippen LogP contribution in [-0.4, -0.2) is 91.0 Å².